The van der Waals surface area contributed by atoms with Crippen molar-refractivity contribution < 1.29 is 47.7 Å². The van der Waals surface area contributed by atoms with Crippen LogP contribution in [0.15, 0.2) is 52.5 Å². The third kappa shape index (κ3) is 8.22. The number of anilines is 1. The van der Waals surface area contributed by atoms with Gasteiger partial charge in [-0.3, -0.25) is 28.9 Å². The number of hydrogen-bond acceptors (Lipinski definition) is 13. The maximum absolute atomic E-state index is 13.6. The average Bonchev–Trinajstić information content (AvgIpc) is 3.54. The summed E-state index contributed by atoms with van der Waals surface area (Å²) in [6, 6.07) is 10.2. The first-order valence-corrected chi connectivity index (χ1v) is 15.0. The summed E-state index contributed by atoms with van der Waals surface area (Å²) in [5.74, 6) is -3.32. The zero-order chi connectivity index (χ0) is 31.3. The zero-order valence-electron chi connectivity index (χ0n) is 23.4. The average molecular weight is 651 g/mol. The Morgan fingerprint density at radius 1 is 0.953 bits per heavy atom. The van der Waals surface area contributed by atoms with E-state index in [2.05, 4.69) is 4.99 Å². The van der Waals surface area contributed by atoms with Crippen LogP contribution in [0.3, 0.4) is 0 Å². The summed E-state index contributed by atoms with van der Waals surface area (Å²) >= 11 is 8.41. The summed E-state index contributed by atoms with van der Waals surface area (Å²) in [4.78, 5) is 68.4. The standard InChI is InChI=1S/C28H27ClN2O10S2/c1-14(32)37-13-22-23(38-15(2)33)24(39-16(3)34)25(40-17(4)35)27(41-22)43-28-30-21(12-20-6-5-11-42-20)26(36)31(28)19-9-7-18(29)8-10-19/h5-12,22-25,27H,13H2,1-4H3/b21-12+. The van der Waals surface area contributed by atoms with Gasteiger partial charge >= 0.3 is 23.9 Å². The van der Waals surface area contributed by atoms with Crippen molar-refractivity contribution in [1.82, 2.24) is 0 Å². The first-order valence-electron chi connectivity index (χ1n) is 12.8. The van der Waals surface area contributed by atoms with Gasteiger partial charge in [0.05, 0.1) is 5.69 Å². The van der Waals surface area contributed by atoms with Crippen LogP contribution in [0.5, 0.6) is 0 Å². The Bertz CT molecular complexity index is 1440. The molecule has 0 radical (unpaired) electrons. The number of hydrogen-bond donors (Lipinski definition) is 0. The SMILES string of the molecule is CC(=O)OCC1OC(SC2=N/C(=C/c3cccs3)C(=O)N2c2ccc(Cl)cc2)C(OC(C)=O)C(OC(C)=O)C1OC(C)=O. The molecule has 2 aromatic rings. The highest BCUT2D eigenvalue weighted by Gasteiger charge is 2.53. The van der Waals surface area contributed by atoms with Crippen LogP contribution in [0.1, 0.15) is 32.6 Å². The molecule has 43 heavy (non-hydrogen) atoms. The van der Waals surface area contributed by atoms with E-state index in [0.29, 0.717) is 10.7 Å². The highest BCUT2D eigenvalue weighted by molar-refractivity contribution is 8.14. The van der Waals surface area contributed by atoms with Crippen LogP contribution in [0.25, 0.3) is 6.08 Å². The van der Waals surface area contributed by atoms with Crippen molar-refractivity contribution in [3.8, 4) is 0 Å². The molecule has 15 heteroatoms. The Morgan fingerprint density at radius 3 is 2.16 bits per heavy atom. The number of nitrogens with zero attached hydrogens (tertiary/aromatic N) is 2. The second-order valence-electron chi connectivity index (χ2n) is 9.24. The van der Waals surface area contributed by atoms with Crippen LogP contribution in [0.2, 0.25) is 5.02 Å². The lowest BCUT2D eigenvalue weighted by Gasteiger charge is -2.44. The van der Waals surface area contributed by atoms with E-state index in [9.17, 15) is 24.0 Å². The van der Waals surface area contributed by atoms with Gasteiger partial charge in [0, 0.05) is 37.6 Å². The fourth-order valence-electron chi connectivity index (χ4n) is 4.29. The number of thioether (sulfide) groups is 1. The minimum Gasteiger partial charge on any atom is -0.463 e. The van der Waals surface area contributed by atoms with Gasteiger partial charge in [0.15, 0.2) is 28.9 Å². The molecule has 0 spiro atoms. The number of esters is 4. The molecule has 5 unspecified atom stereocenters. The number of ether oxygens (including phenoxy) is 5. The lowest BCUT2D eigenvalue weighted by molar-refractivity contribution is -0.237. The van der Waals surface area contributed by atoms with Crippen molar-refractivity contribution in [2.45, 2.75) is 57.5 Å². The molecule has 228 valence electrons. The second-order valence-corrected chi connectivity index (χ2v) is 11.7. The predicted molar refractivity (Wildman–Crippen MR) is 158 cm³/mol. The predicted octanol–water partition coefficient (Wildman–Crippen LogP) is 3.96. The van der Waals surface area contributed by atoms with Crippen LogP contribution in [0.4, 0.5) is 5.69 Å². The molecule has 0 aliphatic carbocycles. The van der Waals surface area contributed by atoms with Crippen molar-refractivity contribution >= 4 is 81.4 Å². The van der Waals surface area contributed by atoms with Gasteiger partial charge in [-0.05, 0) is 41.8 Å². The summed E-state index contributed by atoms with van der Waals surface area (Å²) < 4.78 is 27.8. The molecule has 0 N–H and O–H groups in total. The molecule has 1 amide bonds. The van der Waals surface area contributed by atoms with Gasteiger partial charge in [-0.25, -0.2) is 4.99 Å². The smallest absolute Gasteiger partial charge is 0.303 e. The van der Waals surface area contributed by atoms with Crippen LogP contribution in [0, 0.1) is 0 Å². The maximum atomic E-state index is 13.6. The van der Waals surface area contributed by atoms with Crippen molar-refractivity contribution in [3.05, 3.63) is 57.4 Å². The molecule has 1 saturated heterocycles. The number of amides is 1. The van der Waals surface area contributed by atoms with Crippen molar-refractivity contribution in [2.24, 2.45) is 4.99 Å². The molecule has 2 aliphatic heterocycles. The highest BCUT2D eigenvalue weighted by Crippen LogP contribution is 2.39. The highest BCUT2D eigenvalue weighted by atomic mass is 35.5. The van der Waals surface area contributed by atoms with E-state index in [1.54, 1.807) is 30.3 Å². The zero-order valence-corrected chi connectivity index (χ0v) is 25.8. The van der Waals surface area contributed by atoms with E-state index in [4.69, 9.17) is 35.3 Å². The third-order valence-electron chi connectivity index (χ3n) is 5.91. The third-order valence-corrected chi connectivity index (χ3v) is 8.07. The number of thiophene rings is 1. The van der Waals surface area contributed by atoms with E-state index >= 15 is 0 Å². The molecule has 0 saturated carbocycles. The number of aliphatic imine (C=N–C) groups is 1. The number of halogens is 1. The minimum absolute atomic E-state index is 0.130. The number of amidine groups is 1. The molecule has 4 rings (SSSR count). The van der Waals surface area contributed by atoms with Gasteiger partial charge in [-0.15, -0.1) is 11.3 Å². The summed E-state index contributed by atoms with van der Waals surface area (Å²) in [6.45, 7) is 4.23. The number of benzene rings is 1. The van der Waals surface area contributed by atoms with E-state index in [-0.39, 0.29) is 17.5 Å². The number of rotatable bonds is 8. The molecular weight excluding hydrogens is 624 g/mol. The van der Waals surface area contributed by atoms with Crippen molar-refractivity contribution in [2.75, 3.05) is 11.5 Å². The lowest BCUT2D eigenvalue weighted by atomic mass is 9.99. The van der Waals surface area contributed by atoms with Crippen molar-refractivity contribution in [3.63, 3.8) is 0 Å². The molecule has 5 atom stereocenters. The van der Waals surface area contributed by atoms with E-state index in [1.165, 1.54) is 23.2 Å². The Labute approximate surface area is 259 Å². The summed E-state index contributed by atoms with van der Waals surface area (Å²) in [6.07, 6.45) is -3.52. The Balaban J connectivity index is 1.78. The fourth-order valence-corrected chi connectivity index (χ4v) is 6.26. The molecule has 1 aromatic carbocycles. The van der Waals surface area contributed by atoms with Crippen LogP contribution in [-0.4, -0.2) is 71.4 Å². The van der Waals surface area contributed by atoms with E-state index in [0.717, 1.165) is 37.4 Å². The van der Waals surface area contributed by atoms with Gasteiger partial charge in [0.2, 0.25) is 0 Å². The molecule has 1 fully saturated rings. The second kappa shape index (κ2) is 14.2. The van der Waals surface area contributed by atoms with Gasteiger partial charge < -0.3 is 23.7 Å². The quantitative estimate of drug-likeness (QED) is 0.232. The maximum Gasteiger partial charge on any atom is 0.303 e. The van der Waals surface area contributed by atoms with Crippen LogP contribution < -0.4 is 4.90 Å². The normalized spacial score (nSPS) is 24.3. The van der Waals surface area contributed by atoms with Gasteiger partial charge in [-0.2, -0.15) is 0 Å². The monoisotopic (exact) mass is 650 g/mol. The lowest BCUT2D eigenvalue weighted by Crippen LogP contribution is -2.61. The molecule has 3 heterocycles. The molecule has 2 aliphatic rings. The van der Waals surface area contributed by atoms with E-state index < -0.39 is 59.6 Å². The summed E-state index contributed by atoms with van der Waals surface area (Å²) in [7, 11) is 0. The summed E-state index contributed by atoms with van der Waals surface area (Å²) in [5, 5.41) is 2.46. The Morgan fingerprint density at radius 2 is 1.58 bits per heavy atom. The first kappa shape index (κ1) is 32.2. The molecular formula is C28H27ClN2O10S2. The van der Waals surface area contributed by atoms with Crippen LogP contribution in [-0.2, 0) is 47.7 Å². The van der Waals surface area contributed by atoms with E-state index in [1.807, 2.05) is 17.5 Å². The summed E-state index contributed by atoms with van der Waals surface area (Å²) in [5.41, 5.74) is -0.602. The largest absolute Gasteiger partial charge is 0.463 e. The molecule has 12 nitrogen and oxygen atoms in total. The Kier molecular flexibility index (Phi) is 10.6. The topological polar surface area (TPSA) is 147 Å². The van der Waals surface area contributed by atoms with Gasteiger partial charge in [0.1, 0.15) is 18.4 Å². The molecule has 1 aromatic heterocycles. The fraction of sp³-hybridized carbons (Fsp3) is 0.357. The number of carbonyl (C=O) groups excluding carboxylic acids is 5. The van der Waals surface area contributed by atoms with Gasteiger partial charge in [0.25, 0.3) is 5.91 Å². The van der Waals surface area contributed by atoms with Gasteiger partial charge in [-0.1, -0.05) is 29.4 Å². The number of carbonyl (C=O) groups is 5. The first-order chi connectivity index (χ1) is 20.4. The minimum atomic E-state index is -1.36. The Hall–Kier alpha value is -3.72. The molecule has 0 bridgehead atoms. The van der Waals surface area contributed by atoms with Crippen LogP contribution >= 0.6 is 34.7 Å². The van der Waals surface area contributed by atoms with Crippen molar-refractivity contribution in [1.29, 1.82) is 0 Å².